The van der Waals surface area contributed by atoms with Crippen LogP contribution < -0.4 is 16.0 Å². The Hall–Kier alpha value is -0.880. The Bertz CT molecular complexity index is 501. The Morgan fingerprint density at radius 1 is 1.57 bits per heavy atom. The molecule has 3 N–H and O–H groups in total. The van der Waals surface area contributed by atoms with Gasteiger partial charge >= 0.3 is 0 Å². The van der Waals surface area contributed by atoms with E-state index in [1.807, 2.05) is 13.2 Å². The van der Waals surface area contributed by atoms with Crippen LogP contribution in [0, 0.1) is 5.92 Å². The third kappa shape index (κ3) is 3.66. The fraction of sp³-hybridized carbons (Fsp3) is 0.667. The first kappa shape index (κ1) is 16.5. The van der Waals surface area contributed by atoms with E-state index in [0.717, 1.165) is 24.4 Å². The van der Waals surface area contributed by atoms with Crippen molar-refractivity contribution in [3.63, 3.8) is 0 Å². The molecule has 0 radical (unpaired) electrons. The first-order valence-corrected chi connectivity index (χ1v) is 9.62. The molecule has 1 amide bonds. The third-order valence-electron chi connectivity index (χ3n) is 3.77. The average molecular weight is 328 g/mol. The van der Waals surface area contributed by atoms with Crippen molar-refractivity contribution in [2.45, 2.75) is 38.0 Å². The highest BCUT2D eigenvalue weighted by atomic mass is 32.2. The fourth-order valence-corrected chi connectivity index (χ4v) is 4.82. The van der Waals surface area contributed by atoms with Gasteiger partial charge in [-0.2, -0.15) is 0 Å². The van der Waals surface area contributed by atoms with Crippen LogP contribution in [0.3, 0.4) is 0 Å². The van der Waals surface area contributed by atoms with Gasteiger partial charge in [-0.25, -0.2) is 0 Å². The van der Waals surface area contributed by atoms with Gasteiger partial charge in [0.1, 0.15) is 9.88 Å². The molecule has 0 saturated carbocycles. The summed E-state index contributed by atoms with van der Waals surface area (Å²) in [5.41, 5.74) is 6.88. The molecule has 1 aromatic rings. The number of thioether (sulfide) groups is 1. The molecule has 4 nitrogen and oxygen atoms in total. The predicted octanol–water partition coefficient (Wildman–Crippen LogP) is 3.43. The maximum Gasteiger partial charge on any atom is 0.263 e. The minimum atomic E-state index is -0.0362. The minimum absolute atomic E-state index is 0.0362. The van der Waals surface area contributed by atoms with Gasteiger partial charge in [0.05, 0.1) is 10.6 Å². The molecule has 1 aromatic heterocycles. The van der Waals surface area contributed by atoms with Gasteiger partial charge in [-0.3, -0.25) is 4.79 Å². The van der Waals surface area contributed by atoms with Gasteiger partial charge in [-0.05, 0) is 31.4 Å². The maximum absolute atomic E-state index is 12.2. The summed E-state index contributed by atoms with van der Waals surface area (Å²) in [5, 5.41) is 4.10. The number of hydrogen-bond donors (Lipinski definition) is 2. The zero-order valence-corrected chi connectivity index (χ0v) is 14.7. The number of nitrogens with two attached hydrogens (primary N) is 1. The van der Waals surface area contributed by atoms with E-state index in [0.29, 0.717) is 23.0 Å². The molecule has 1 saturated heterocycles. The normalized spacial score (nSPS) is 18.8. The standard InChI is InChI=1S/C15H25N3OS2/c1-4-7-17-14(19)12-11(16)13(20-3)15(21-12)18-8-5-6-10(2)9-18/h10H,4-9,16H2,1-3H3,(H,17,19). The lowest BCUT2D eigenvalue weighted by atomic mass is 10.0. The van der Waals surface area contributed by atoms with E-state index in [2.05, 4.69) is 17.1 Å². The molecule has 2 heterocycles. The average Bonchev–Trinajstić information content (AvgIpc) is 2.81. The smallest absolute Gasteiger partial charge is 0.263 e. The number of anilines is 2. The molecule has 1 aliphatic heterocycles. The van der Waals surface area contributed by atoms with Crippen molar-refractivity contribution in [3.8, 4) is 0 Å². The summed E-state index contributed by atoms with van der Waals surface area (Å²) in [6, 6.07) is 0. The number of carbonyl (C=O) groups excluding carboxylic acids is 1. The number of amides is 1. The zero-order valence-electron chi connectivity index (χ0n) is 13.1. The van der Waals surface area contributed by atoms with Crippen molar-refractivity contribution in [1.82, 2.24) is 5.32 Å². The lowest BCUT2D eigenvalue weighted by Gasteiger charge is -2.32. The van der Waals surface area contributed by atoms with Gasteiger partial charge in [0, 0.05) is 19.6 Å². The van der Waals surface area contributed by atoms with Crippen LogP contribution in [0.4, 0.5) is 10.7 Å². The Kier molecular flexibility index (Phi) is 5.81. The molecule has 1 aliphatic rings. The quantitative estimate of drug-likeness (QED) is 0.814. The summed E-state index contributed by atoms with van der Waals surface area (Å²) < 4.78 is 0. The van der Waals surface area contributed by atoms with E-state index in [1.165, 1.54) is 17.8 Å². The van der Waals surface area contributed by atoms with Crippen LogP contribution in [-0.4, -0.2) is 31.8 Å². The Morgan fingerprint density at radius 2 is 2.33 bits per heavy atom. The Balaban J connectivity index is 2.27. The molecule has 6 heteroatoms. The van der Waals surface area contributed by atoms with Crippen LogP contribution in [0.5, 0.6) is 0 Å². The highest BCUT2D eigenvalue weighted by Crippen LogP contribution is 2.44. The predicted molar refractivity (Wildman–Crippen MR) is 93.7 cm³/mol. The maximum atomic E-state index is 12.2. The number of hydrogen-bond acceptors (Lipinski definition) is 5. The van der Waals surface area contributed by atoms with Gasteiger partial charge in [-0.1, -0.05) is 13.8 Å². The molecular formula is C15H25N3OS2. The van der Waals surface area contributed by atoms with Crippen molar-refractivity contribution in [2.75, 3.05) is 36.5 Å². The highest BCUT2D eigenvalue weighted by molar-refractivity contribution is 7.99. The van der Waals surface area contributed by atoms with E-state index in [1.54, 1.807) is 23.1 Å². The number of thiophene rings is 1. The molecule has 0 bridgehead atoms. The molecule has 21 heavy (non-hydrogen) atoms. The molecule has 1 unspecified atom stereocenters. The van der Waals surface area contributed by atoms with Gasteiger partial charge in [-0.15, -0.1) is 23.1 Å². The topological polar surface area (TPSA) is 58.4 Å². The number of nitrogen functional groups attached to an aromatic ring is 1. The molecule has 1 fully saturated rings. The van der Waals surface area contributed by atoms with Crippen molar-refractivity contribution in [3.05, 3.63) is 4.88 Å². The first-order valence-electron chi connectivity index (χ1n) is 7.57. The lowest BCUT2D eigenvalue weighted by molar-refractivity contribution is 0.0958. The summed E-state index contributed by atoms with van der Waals surface area (Å²) in [4.78, 5) is 16.4. The summed E-state index contributed by atoms with van der Waals surface area (Å²) in [6.45, 7) is 7.15. The van der Waals surface area contributed by atoms with Gasteiger partial charge < -0.3 is 16.0 Å². The summed E-state index contributed by atoms with van der Waals surface area (Å²) in [6.07, 6.45) is 5.46. The van der Waals surface area contributed by atoms with E-state index in [-0.39, 0.29) is 5.91 Å². The first-order chi connectivity index (χ1) is 10.1. The zero-order chi connectivity index (χ0) is 15.4. The van der Waals surface area contributed by atoms with E-state index in [4.69, 9.17) is 5.73 Å². The summed E-state index contributed by atoms with van der Waals surface area (Å²) in [5.74, 6) is 0.667. The number of carbonyl (C=O) groups is 1. The monoisotopic (exact) mass is 327 g/mol. The van der Waals surface area contributed by atoms with Crippen LogP contribution in [0.15, 0.2) is 4.90 Å². The van der Waals surface area contributed by atoms with E-state index in [9.17, 15) is 4.79 Å². The minimum Gasteiger partial charge on any atom is -0.396 e. The van der Waals surface area contributed by atoms with Crippen molar-refractivity contribution >= 4 is 39.7 Å². The summed E-state index contributed by atoms with van der Waals surface area (Å²) >= 11 is 3.19. The summed E-state index contributed by atoms with van der Waals surface area (Å²) in [7, 11) is 0. The number of piperidine rings is 1. The van der Waals surface area contributed by atoms with Crippen LogP contribution >= 0.6 is 23.1 Å². The lowest BCUT2D eigenvalue weighted by Crippen LogP contribution is -2.33. The van der Waals surface area contributed by atoms with Crippen molar-refractivity contribution in [1.29, 1.82) is 0 Å². The second-order valence-electron chi connectivity index (χ2n) is 5.63. The molecule has 0 aliphatic carbocycles. The Morgan fingerprint density at radius 3 is 2.95 bits per heavy atom. The number of rotatable bonds is 5. The van der Waals surface area contributed by atoms with Crippen molar-refractivity contribution in [2.24, 2.45) is 5.92 Å². The second-order valence-corrected chi connectivity index (χ2v) is 7.45. The van der Waals surface area contributed by atoms with Gasteiger partial charge in [0.15, 0.2) is 0 Å². The fourth-order valence-electron chi connectivity index (χ4n) is 2.68. The SMILES string of the molecule is CCCNC(=O)c1sc(N2CCCC(C)C2)c(SC)c1N. The largest absolute Gasteiger partial charge is 0.396 e. The molecule has 0 spiro atoms. The third-order valence-corrected chi connectivity index (χ3v) is 5.99. The van der Waals surface area contributed by atoms with E-state index < -0.39 is 0 Å². The Labute approximate surface area is 135 Å². The van der Waals surface area contributed by atoms with Crippen molar-refractivity contribution < 1.29 is 4.79 Å². The van der Waals surface area contributed by atoms with Crippen LogP contribution in [-0.2, 0) is 0 Å². The molecule has 118 valence electrons. The van der Waals surface area contributed by atoms with Crippen LogP contribution in [0.2, 0.25) is 0 Å². The molecule has 1 atom stereocenters. The van der Waals surface area contributed by atoms with Crippen LogP contribution in [0.25, 0.3) is 0 Å². The number of nitrogens with zero attached hydrogens (tertiary/aromatic N) is 1. The molecule has 0 aromatic carbocycles. The van der Waals surface area contributed by atoms with Gasteiger partial charge in [0.2, 0.25) is 0 Å². The van der Waals surface area contributed by atoms with E-state index >= 15 is 0 Å². The molecular weight excluding hydrogens is 302 g/mol. The number of nitrogens with one attached hydrogen (secondary N) is 1. The highest BCUT2D eigenvalue weighted by Gasteiger charge is 2.26. The molecule has 2 rings (SSSR count). The van der Waals surface area contributed by atoms with Crippen LogP contribution in [0.1, 0.15) is 42.8 Å². The van der Waals surface area contributed by atoms with Gasteiger partial charge in [0.25, 0.3) is 5.91 Å². The second kappa shape index (κ2) is 7.40.